The van der Waals surface area contributed by atoms with E-state index in [1.165, 1.54) is 12.4 Å². The molecule has 1 aromatic rings. The third-order valence-corrected chi connectivity index (χ3v) is 4.36. The van der Waals surface area contributed by atoms with Crippen LogP contribution in [0.1, 0.15) is 13.8 Å². The zero-order valence-corrected chi connectivity index (χ0v) is 12.4. The molecule has 0 fully saturated rings. The summed E-state index contributed by atoms with van der Waals surface area (Å²) in [5.41, 5.74) is -0.291. The van der Waals surface area contributed by atoms with E-state index in [0.29, 0.717) is 0 Å². The van der Waals surface area contributed by atoms with Gasteiger partial charge in [0.2, 0.25) is 15.3 Å². The van der Waals surface area contributed by atoms with Crippen LogP contribution in [0.4, 0.5) is 0 Å². The zero-order chi connectivity index (χ0) is 14.0. The van der Waals surface area contributed by atoms with Crippen molar-refractivity contribution < 1.29 is 8.42 Å². The molecule has 1 N–H and O–H groups in total. The molecule has 0 aliphatic carbocycles. The van der Waals surface area contributed by atoms with Crippen molar-refractivity contribution in [2.24, 2.45) is 0 Å². The van der Waals surface area contributed by atoms with E-state index in [1.54, 1.807) is 0 Å². The molecule has 0 amide bonds. The van der Waals surface area contributed by atoms with Crippen molar-refractivity contribution >= 4 is 21.6 Å². The highest BCUT2D eigenvalue weighted by molar-refractivity contribution is 7.89. The molecular weight excluding hydrogens is 276 g/mol. The van der Waals surface area contributed by atoms with Crippen molar-refractivity contribution in [3.8, 4) is 0 Å². The van der Waals surface area contributed by atoms with Gasteiger partial charge in [-0.3, -0.25) is 0 Å². The molecule has 0 aliphatic heterocycles. The van der Waals surface area contributed by atoms with Crippen LogP contribution in [0.2, 0.25) is 5.28 Å². The van der Waals surface area contributed by atoms with Crippen LogP contribution in [-0.2, 0) is 10.0 Å². The van der Waals surface area contributed by atoms with Crippen molar-refractivity contribution in [1.82, 2.24) is 19.6 Å². The minimum absolute atomic E-state index is 0.00135. The van der Waals surface area contributed by atoms with Crippen LogP contribution < -0.4 is 4.72 Å². The van der Waals surface area contributed by atoms with Gasteiger partial charge in [0, 0.05) is 12.1 Å². The number of rotatable bonds is 5. The summed E-state index contributed by atoms with van der Waals surface area (Å²) < 4.78 is 26.4. The van der Waals surface area contributed by atoms with E-state index < -0.39 is 10.0 Å². The van der Waals surface area contributed by atoms with Crippen LogP contribution >= 0.6 is 11.6 Å². The number of nitrogens with zero attached hydrogens (tertiary/aromatic N) is 3. The molecule has 0 radical (unpaired) electrons. The summed E-state index contributed by atoms with van der Waals surface area (Å²) in [5.74, 6) is 0. The number of aromatic nitrogens is 2. The SMILES string of the molecule is CN(C)C(C)(C)CNS(=O)(=O)c1cnc(Cl)nc1. The smallest absolute Gasteiger partial charge is 0.243 e. The zero-order valence-electron chi connectivity index (χ0n) is 10.8. The van der Waals surface area contributed by atoms with E-state index in [-0.39, 0.29) is 22.3 Å². The summed E-state index contributed by atoms with van der Waals surface area (Å²) in [6.07, 6.45) is 2.36. The molecule has 0 spiro atoms. The highest BCUT2D eigenvalue weighted by Crippen LogP contribution is 2.12. The van der Waals surface area contributed by atoms with Gasteiger partial charge in [0.25, 0.3) is 0 Å². The number of sulfonamides is 1. The Labute approximate surface area is 112 Å². The molecule has 1 rings (SSSR count). The van der Waals surface area contributed by atoms with Gasteiger partial charge in [0.15, 0.2) is 0 Å². The molecule has 102 valence electrons. The van der Waals surface area contributed by atoms with E-state index in [9.17, 15) is 8.42 Å². The van der Waals surface area contributed by atoms with Gasteiger partial charge < -0.3 is 4.90 Å². The Kier molecular flexibility index (Phi) is 4.66. The Morgan fingerprint density at radius 1 is 1.33 bits per heavy atom. The van der Waals surface area contributed by atoms with Crippen molar-refractivity contribution in [2.75, 3.05) is 20.6 Å². The second kappa shape index (κ2) is 5.48. The minimum Gasteiger partial charge on any atom is -0.303 e. The molecule has 0 aromatic carbocycles. The van der Waals surface area contributed by atoms with Crippen LogP contribution in [-0.4, -0.2) is 49.5 Å². The van der Waals surface area contributed by atoms with Gasteiger partial charge >= 0.3 is 0 Å². The van der Waals surface area contributed by atoms with Crippen molar-refractivity contribution in [1.29, 1.82) is 0 Å². The molecule has 6 nitrogen and oxygen atoms in total. The van der Waals surface area contributed by atoms with E-state index in [1.807, 2.05) is 32.8 Å². The first-order chi connectivity index (χ1) is 8.15. The molecular formula is C10H17ClN4O2S. The lowest BCUT2D eigenvalue weighted by Crippen LogP contribution is -2.48. The Balaban J connectivity index is 2.81. The minimum atomic E-state index is -3.60. The number of likely N-dealkylation sites (N-methyl/N-ethyl adjacent to an activating group) is 1. The molecule has 0 saturated heterocycles. The molecule has 0 atom stereocenters. The van der Waals surface area contributed by atoms with Gasteiger partial charge in [-0.15, -0.1) is 0 Å². The molecule has 1 heterocycles. The average molecular weight is 293 g/mol. The maximum absolute atomic E-state index is 12.0. The maximum atomic E-state index is 12.0. The van der Waals surface area contributed by atoms with Crippen LogP contribution in [0.15, 0.2) is 17.3 Å². The molecule has 8 heteroatoms. The summed E-state index contributed by atoms with van der Waals surface area (Å²) in [6.45, 7) is 4.16. The van der Waals surface area contributed by atoms with Gasteiger partial charge in [0.1, 0.15) is 4.90 Å². The fourth-order valence-electron chi connectivity index (χ4n) is 0.952. The van der Waals surface area contributed by atoms with Gasteiger partial charge in [0.05, 0.1) is 12.4 Å². The van der Waals surface area contributed by atoms with Crippen molar-refractivity contribution in [3.05, 3.63) is 17.7 Å². The summed E-state index contributed by atoms with van der Waals surface area (Å²) in [6, 6.07) is 0. The topological polar surface area (TPSA) is 75.2 Å². The van der Waals surface area contributed by atoms with Crippen LogP contribution in [0.5, 0.6) is 0 Å². The molecule has 0 bridgehead atoms. The Bertz CT molecular complexity index is 499. The third kappa shape index (κ3) is 3.88. The quantitative estimate of drug-likeness (QED) is 0.811. The van der Waals surface area contributed by atoms with Crippen LogP contribution in [0, 0.1) is 0 Å². The Morgan fingerprint density at radius 2 is 1.83 bits per heavy atom. The summed E-state index contributed by atoms with van der Waals surface area (Å²) in [4.78, 5) is 9.24. The Hall–Kier alpha value is -0.760. The normalized spacial score (nSPS) is 13.0. The first-order valence-electron chi connectivity index (χ1n) is 5.30. The lowest BCUT2D eigenvalue weighted by atomic mass is 10.1. The predicted octanol–water partition coefficient (Wildman–Crippen LogP) is 0.748. The predicted molar refractivity (Wildman–Crippen MR) is 70.0 cm³/mol. The molecule has 18 heavy (non-hydrogen) atoms. The van der Waals surface area contributed by atoms with Gasteiger partial charge in [-0.05, 0) is 39.5 Å². The monoisotopic (exact) mass is 292 g/mol. The number of hydrogen-bond donors (Lipinski definition) is 1. The maximum Gasteiger partial charge on any atom is 0.243 e. The third-order valence-electron chi connectivity index (χ3n) is 2.81. The largest absolute Gasteiger partial charge is 0.303 e. The van der Waals surface area contributed by atoms with Gasteiger partial charge in [-0.1, -0.05) is 0 Å². The summed E-state index contributed by atoms with van der Waals surface area (Å²) >= 11 is 5.51. The van der Waals surface area contributed by atoms with Crippen LogP contribution in [0.3, 0.4) is 0 Å². The lowest BCUT2D eigenvalue weighted by molar-refractivity contribution is 0.199. The van der Waals surface area contributed by atoms with Gasteiger partial charge in [-0.25, -0.2) is 23.1 Å². The fraction of sp³-hybridized carbons (Fsp3) is 0.600. The lowest BCUT2D eigenvalue weighted by Gasteiger charge is -2.32. The van der Waals surface area contributed by atoms with Crippen molar-refractivity contribution in [2.45, 2.75) is 24.3 Å². The number of halogens is 1. The first-order valence-corrected chi connectivity index (χ1v) is 7.16. The number of nitrogens with one attached hydrogen (secondary N) is 1. The highest BCUT2D eigenvalue weighted by Gasteiger charge is 2.24. The van der Waals surface area contributed by atoms with E-state index in [0.717, 1.165) is 0 Å². The molecule has 0 unspecified atom stereocenters. The van der Waals surface area contributed by atoms with Crippen LogP contribution in [0.25, 0.3) is 0 Å². The molecule has 0 saturated carbocycles. The first kappa shape index (κ1) is 15.3. The second-order valence-corrected chi connectivity index (χ2v) is 6.82. The standard InChI is InChI=1S/C10H17ClN4O2S/c1-10(2,15(3)4)7-14-18(16,17)8-5-12-9(11)13-6-8/h5-6,14H,7H2,1-4H3. The fourth-order valence-corrected chi connectivity index (χ4v) is 2.14. The van der Waals surface area contributed by atoms with E-state index in [4.69, 9.17) is 11.6 Å². The molecule has 0 aliphatic rings. The summed E-state index contributed by atoms with van der Waals surface area (Å²) in [7, 11) is 0.173. The Morgan fingerprint density at radius 3 is 2.28 bits per heavy atom. The van der Waals surface area contributed by atoms with Gasteiger partial charge in [-0.2, -0.15) is 0 Å². The van der Waals surface area contributed by atoms with E-state index >= 15 is 0 Å². The number of hydrogen-bond acceptors (Lipinski definition) is 5. The highest BCUT2D eigenvalue weighted by atomic mass is 35.5. The second-order valence-electron chi connectivity index (χ2n) is 4.72. The summed E-state index contributed by atoms with van der Waals surface area (Å²) in [5, 5.41) is 0.0163. The molecule has 1 aromatic heterocycles. The van der Waals surface area contributed by atoms with E-state index in [2.05, 4.69) is 14.7 Å². The van der Waals surface area contributed by atoms with Crippen molar-refractivity contribution in [3.63, 3.8) is 0 Å². The average Bonchev–Trinajstić information content (AvgIpc) is 2.27.